The smallest absolute Gasteiger partial charge is 0.254 e. The molecular weight excluding hydrogens is 200 g/mol. The van der Waals surface area contributed by atoms with Gasteiger partial charge in [-0.1, -0.05) is 18.2 Å². The minimum atomic E-state index is 0.0952. The summed E-state index contributed by atoms with van der Waals surface area (Å²) in [5.74, 6) is 0.0952. The molecule has 80 valence electrons. The van der Waals surface area contributed by atoms with Crippen LogP contribution in [-0.2, 0) is 19.5 Å². The van der Waals surface area contributed by atoms with Crippen molar-refractivity contribution >= 4 is 16.8 Å². The average molecular weight is 212 g/mol. The first-order valence-electron chi connectivity index (χ1n) is 5.77. The first-order valence-corrected chi connectivity index (χ1v) is 5.77. The number of aryl methyl sites for hydroxylation is 2. The van der Waals surface area contributed by atoms with Crippen LogP contribution in [0.1, 0.15) is 28.0 Å². The highest BCUT2D eigenvalue weighted by Crippen LogP contribution is 2.34. The van der Waals surface area contributed by atoms with Crippen molar-refractivity contribution in [3.63, 3.8) is 0 Å². The van der Waals surface area contributed by atoms with Crippen LogP contribution < -0.4 is 5.32 Å². The van der Waals surface area contributed by atoms with Crippen LogP contribution in [0.25, 0.3) is 10.9 Å². The molecular formula is C13H12N2O. The molecule has 3 heterocycles. The SMILES string of the molecule is O=C1NCc2c1c1cccc3c1n2CCC3. The molecule has 0 radical (unpaired) electrons. The van der Waals surface area contributed by atoms with Gasteiger partial charge in [0, 0.05) is 11.9 Å². The van der Waals surface area contributed by atoms with Gasteiger partial charge in [-0.05, 0) is 18.4 Å². The number of nitrogens with zero attached hydrogens (tertiary/aromatic N) is 1. The van der Waals surface area contributed by atoms with Crippen LogP contribution in [0.3, 0.4) is 0 Å². The number of carbonyl (C=O) groups excluding carboxylic acids is 1. The first kappa shape index (κ1) is 8.39. The summed E-state index contributed by atoms with van der Waals surface area (Å²) < 4.78 is 2.33. The van der Waals surface area contributed by atoms with Crippen molar-refractivity contribution in [3.05, 3.63) is 35.0 Å². The molecule has 0 spiro atoms. The zero-order valence-electron chi connectivity index (χ0n) is 8.92. The lowest BCUT2D eigenvalue weighted by Crippen LogP contribution is -2.16. The van der Waals surface area contributed by atoms with E-state index in [0.29, 0.717) is 6.54 Å². The molecule has 3 nitrogen and oxygen atoms in total. The third kappa shape index (κ3) is 0.825. The van der Waals surface area contributed by atoms with Gasteiger partial charge in [-0.25, -0.2) is 0 Å². The predicted molar refractivity (Wildman–Crippen MR) is 61.4 cm³/mol. The van der Waals surface area contributed by atoms with Crippen LogP contribution >= 0.6 is 0 Å². The largest absolute Gasteiger partial charge is 0.346 e. The number of fused-ring (bicyclic) bond motifs is 3. The number of amides is 1. The van der Waals surface area contributed by atoms with E-state index < -0.39 is 0 Å². The van der Waals surface area contributed by atoms with Crippen LogP contribution in [0.4, 0.5) is 0 Å². The molecule has 1 amide bonds. The highest BCUT2D eigenvalue weighted by molar-refractivity contribution is 6.11. The maximum atomic E-state index is 11.8. The zero-order valence-corrected chi connectivity index (χ0v) is 8.92. The lowest BCUT2D eigenvalue weighted by atomic mass is 10.0. The molecule has 0 saturated heterocycles. The molecule has 0 saturated carbocycles. The van der Waals surface area contributed by atoms with Crippen LogP contribution in [0, 0.1) is 0 Å². The summed E-state index contributed by atoms with van der Waals surface area (Å²) in [4.78, 5) is 11.8. The normalized spacial score (nSPS) is 17.6. The Bertz CT molecular complexity index is 624. The van der Waals surface area contributed by atoms with Crippen LogP contribution in [0.2, 0.25) is 0 Å². The van der Waals surface area contributed by atoms with E-state index in [1.165, 1.54) is 23.2 Å². The van der Waals surface area contributed by atoms with Crippen LogP contribution in [-0.4, -0.2) is 10.5 Å². The van der Waals surface area contributed by atoms with E-state index in [1.54, 1.807) is 0 Å². The summed E-state index contributed by atoms with van der Waals surface area (Å²) >= 11 is 0. The predicted octanol–water partition coefficient (Wildman–Crippen LogP) is 1.83. The minimum Gasteiger partial charge on any atom is -0.346 e. The number of hydrogen-bond donors (Lipinski definition) is 1. The summed E-state index contributed by atoms with van der Waals surface area (Å²) in [6.07, 6.45) is 2.32. The highest BCUT2D eigenvalue weighted by atomic mass is 16.1. The lowest BCUT2D eigenvalue weighted by molar-refractivity contribution is 0.0967. The Morgan fingerprint density at radius 3 is 3.19 bits per heavy atom. The van der Waals surface area contributed by atoms with E-state index in [2.05, 4.69) is 28.1 Å². The van der Waals surface area contributed by atoms with Gasteiger partial charge < -0.3 is 9.88 Å². The molecule has 4 rings (SSSR count). The summed E-state index contributed by atoms with van der Waals surface area (Å²) in [6.45, 7) is 1.75. The Labute approximate surface area is 93.1 Å². The second kappa shape index (κ2) is 2.67. The zero-order chi connectivity index (χ0) is 10.7. The van der Waals surface area contributed by atoms with E-state index in [1.807, 2.05) is 0 Å². The average Bonchev–Trinajstić information content (AvgIpc) is 2.83. The standard InChI is InChI=1S/C13H12N2O/c16-13-11-9-5-1-3-8-4-2-6-15(12(8)9)10(11)7-14-13/h1,3,5H,2,4,6-7H2,(H,14,16). The number of nitrogens with one attached hydrogen (secondary N) is 1. The Morgan fingerprint density at radius 1 is 1.31 bits per heavy atom. The van der Waals surface area contributed by atoms with Gasteiger partial charge in [-0.15, -0.1) is 0 Å². The van der Waals surface area contributed by atoms with Gasteiger partial charge in [0.1, 0.15) is 0 Å². The quantitative estimate of drug-likeness (QED) is 0.710. The molecule has 1 N–H and O–H groups in total. The van der Waals surface area contributed by atoms with Gasteiger partial charge in [0.25, 0.3) is 5.91 Å². The second-order valence-corrected chi connectivity index (χ2v) is 4.57. The van der Waals surface area contributed by atoms with Crippen molar-refractivity contribution < 1.29 is 4.79 Å². The number of benzene rings is 1. The first-order chi connectivity index (χ1) is 7.86. The van der Waals surface area contributed by atoms with E-state index in [9.17, 15) is 4.79 Å². The van der Waals surface area contributed by atoms with Gasteiger partial charge in [0.15, 0.2) is 0 Å². The molecule has 3 heteroatoms. The van der Waals surface area contributed by atoms with E-state index in [0.717, 1.165) is 23.9 Å². The minimum absolute atomic E-state index is 0.0952. The van der Waals surface area contributed by atoms with Crippen molar-refractivity contribution in [1.82, 2.24) is 9.88 Å². The molecule has 0 unspecified atom stereocenters. The molecule has 0 atom stereocenters. The molecule has 1 aromatic heterocycles. The van der Waals surface area contributed by atoms with Gasteiger partial charge in [0.2, 0.25) is 0 Å². The summed E-state index contributed by atoms with van der Waals surface area (Å²) in [7, 11) is 0. The summed E-state index contributed by atoms with van der Waals surface area (Å²) in [5, 5.41) is 4.06. The molecule has 0 aliphatic carbocycles. The number of rotatable bonds is 0. The third-order valence-electron chi connectivity index (χ3n) is 3.74. The molecule has 16 heavy (non-hydrogen) atoms. The maximum Gasteiger partial charge on any atom is 0.254 e. The Balaban J connectivity index is 2.23. The molecule has 0 fully saturated rings. The fourth-order valence-electron chi connectivity index (χ4n) is 3.10. The highest BCUT2D eigenvalue weighted by Gasteiger charge is 2.29. The van der Waals surface area contributed by atoms with Crippen LogP contribution in [0.15, 0.2) is 18.2 Å². The van der Waals surface area contributed by atoms with Gasteiger partial charge in [-0.2, -0.15) is 0 Å². The van der Waals surface area contributed by atoms with Crippen molar-refractivity contribution in [2.24, 2.45) is 0 Å². The Morgan fingerprint density at radius 2 is 2.25 bits per heavy atom. The van der Waals surface area contributed by atoms with E-state index in [-0.39, 0.29) is 5.91 Å². The fourth-order valence-corrected chi connectivity index (χ4v) is 3.10. The number of carbonyl (C=O) groups is 1. The lowest BCUT2D eigenvalue weighted by Gasteiger charge is -2.17. The Kier molecular flexibility index (Phi) is 1.40. The van der Waals surface area contributed by atoms with Gasteiger partial charge in [-0.3, -0.25) is 4.79 Å². The van der Waals surface area contributed by atoms with Crippen molar-refractivity contribution in [1.29, 1.82) is 0 Å². The van der Waals surface area contributed by atoms with Crippen molar-refractivity contribution in [2.45, 2.75) is 25.9 Å². The number of para-hydroxylation sites is 1. The summed E-state index contributed by atoms with van der Waals surface area (Å²) in [5.41, 5.74) is 4.80. The summed E-state index contributed by atoms with van der Waals surface area (Å²) in [6, 6.07) is 6.33. The third-order valence-corrected chi connectivity index (χ3v) is 3.74. The maximum absolute atomic E-state index is 11.8. The fraction of sp³-hybridized carbons (Fsp3) is 0.308. The number of hydrogen-bond acceptors (Lipinski definition) is 1. The Hall–Kier alpha value is -1.77. The second-order valence-electron chi connectivity index (χ2n) is 4.57. The molecule has 1 aromatic carbocycles. The van der Waals surface area contributed by atoms with E-state index >= 15 is 0 Å². The van der Waals surface area contributed by atoms with Gasteiger partial charge >= 0.3 is 0 Å². The topological polar surface area (TPSA) is 34.0 Å². The van der Waals surface area contributed by atoms with Gasteiger partial charge in [0.05, 0.1) is 23.3 Å². The van der Waals surface area contributed by atoms with E-state index in [4.69, 9.17) is 0 Å². The van der Waals surface area contributed by atoms with Crippen molar-refractivity contribution in [2.75, 3.05) is 0 Å². The van der Waals surface area contributed by atoms with Crippen molar-refractivity contribution in [3.8, 4) is 0 Å². The van der Waals surface area contributed by atoms with Crippen LogP contribution in [0.5, 0.6) is 0 Å². The molecule has 2 aliphatic rings. The monoisotopic (exact) mass is 212 g/mol. The molecule has 2 aromatic rings. The molecule has 2 aliphatic heterocycles. The number of aromatic nitrogens is 1. The molecule has 0 bridgehead atoms.